The Bertz CT molecular complexity index is 959. The molecule has 0 bridgehead atoms. The summed E-state index contributed by atoms with van der Waals surface area (Å²) in [5.74, 6) is 1.52. The maximum Gasteiger partial charge on any atom is 0.225 e. The number of phenols is 1. The van der Waals surface area contributed by atoms with Crippen molar-refractivity contribution in [2.75, 3.05) is 44.7 Å². The van der Waals surface area contributed by atoms with Gasteiger partial charge in [0.05, 0.1) is 13.4 Å². The number of benzene rings is 1. The van der Waals surface area contributed by atoms with Crippen molar-refractivity contribution < 1.29 is 9.84 Å². The molecule has 34 heavy (non-hydrogen) atoms. The number of aromatic nitrogens is 4. The summed E-state index contributed by atoms with van der Waals surface area (Å²) in [5.41, 5.74) is 2.00. The van der Waals surface area contributed by atoms with E-state index in [-0.39, 0.29) is 5.75 Å². The van der Waals surface area contributed by atoms with E-state index in [1.165, 1.54) is 0 Å². The number of hydrogen-bond donors (Lipinski definition) is 2. The first-order chi connectivity index (χ1) is 16.7. The molecular formula is C25H37N7O2. The fraction of sp³-hybridized carbons (Fsp3) is 0.480. The molecule has 1 aliphatic heterocycles. The molecule has 1 aromatic carbocycles. The summed E-state index contributed by atoms with van der Waals surface area (Å²) in [7, 11) is 1.60. The van der Waals surface area contributed by atoms with Crippen LogP contribution in [0.4, 0.5) is 5.95 Å². The van der Waals surface area contributed by atoms with Crippen molar-refractivity contribution in [3.05, 3.63) is 60.4 Å². The van der Waals surface area contributed by atoms with E-state index in [4.69, 9.17) is 4.74 Å². The molecular weight excluding hydrogens is 430 g/mol. The molecule has 0 atom stereocenters. The summed E-state index contributed by atoms with van der Waals surface area (Å²) < 4.78 is 7.51. The Morgan fingerprint density at radius 2 is 1.82 bits per heavy atom. The van der Waals surface area contributed by atoms with Crippen LogP contribution in [0.2, 0.25) is 0 Å². The number of aryl methyl sites for hydroxylation is 1. The molecule has 2 N–H and O–H groups in total. The van der Waals surface area contributed by atoms with Gasteiger partial charge in [-0.15, -0.1) is 0 Å². The first-order valence-corrected chi connectivity index (χ1v) is 12.0. The zero-order valence-corrected chi connectivity index (χ0v) is 20.5. The summed E-state index contributed by atoms with van der Waals surface area (Å²) in [4.78, 5) is 17.3. The van der Waals surface area contributed by atoms with Crippen molar-refractivity contribution in [2.45, 2.75) is 39.9 Å². The van der Waals surface area contributed by atoms with E-state index in [2.05, 4.69) is 40.7 Å². The quantitative estimate of drug-likeness (QED) is 0.440. The maximum atomic E-state index is 10.7. The Morgan fingerprint density at radius 3 is 2.50 bits per heavy atom. The molecule has 3 aromatic rings. The first kappa shape index (κ1) is 25.5. The molecule has 0 saturated carbocycles. The van der Waals surface area contributed by atoms with E-state index in [9.17, 15) is 5.11 Å². The number of methoxy groups -OCH3 is 1. The van der Waals surface area contributed by atoms with Crippen molar-refractivity contribution in [1.82, 2.24) is 29.7 Å². The average Bonchev–Trinajstić information content (AvgIpc) is 3.41. The predicted octanol–water partition coefficient (Wildman–Crippen LogP) is 2.92. The van der Waals surface area contributed by atoms with Gasteiger partial charge in [0.2, 0.25) is 5.95 Å². The second-order valence-electron chi connectivity index (χ2n) is 7.95. The third kappa shape index (κ3) is 7.16. The molecule has 2 aromatic heterocycles. The highest BCUT2D eigenvalue weighted by Gasteiger charge is 2.21. The summed E-state index contributed by atoms with van der Waals surface area (Å²) in [5, 5.41) is 14.2. The second-order valence-corrected chi connectivity index (χ2v) is 7.95. The minimum absolute atomic E-state index is 0.227. The van der Waals surface area contributed by atoms with Crippen molar-refractivity contribution in [2.24, 2.45) is 0 Å². The van der Waals surface area contributed by atoms with Crippen molar-refractivity contribution >= 4 is 5.95 Å². The van der Waals surface area contributed by atoms with E-state index in [1.54, 1.807) is 25.7 Å². The Hall–Kier alpha value is -3.17. The topological polar surface area (TPSA) is 91.6 Å². The number of rotatable bonds is 10. The van der Waals surface area contributed by atoms with E-state index in [1.807, 2.05) is 38.5 Å². The van der Waals surface area contributed by atoms with Gasteiger partial charge < -0.3 is 24.6 Å². The Balaban J connectivity index is 0.00000158. The lowest BCUT2D eigenvalue weighted by Gasteiger charge is -2.34. The van der Waals surface area contributed by atoms with Gasteiger partial charge in [-0.1, -0.05) is 13.8 Å². The normalized spacial score (nSPS) is 13.9. The van der Waals surface area contributed by atoms with Gasteiger partial charge in [-0.2, -0.15) is 0 Å². The molecule has 1 aliphatic rings. The standard InChI is InChI=1S/C23H31N7O2.C2H6/c1-32-21-15-19(16-24-4-3-8-29-9-7-25-18-29)14-20(22(21)31)17-28-10-12-30(13-11-28)23-26-5-2-6-27-23;1-2/h2,5-7,9,14-15,18,24,31H,3-4,8,10-13,16-17H2,1H3;1-2H3. The average molecular weight is 468 g/mol. The van der Waals surface area contributed by atoms with Gasteiger partial charge in [0.25, 0.3) is 0 Å². The zero-order chi connectivity index (χ0) is 24.2. The summed E-state index contributed by atoms with van der Waals surface area (Å²) >= 11 is 0. The van der Waals surface area contributed by atoms with Gasteiger partial charge in [0.1, 0.15) is 0 Å². The highest BCUT2D eigenvalue weighted by molar-refractivity contribution is 5.48. The number of nitrogens with zero attached hydrogens (tertiary/aromatic N) is 6. The lowest BCUT2D eigenvalue weighted by Crippen LogP contribution is -2.46. The molecule has 0 amide bonds. The largest absolute Gasteiger partial charge is 0.504 e. The van der Waals surface area contributed by atoms with Gasteiger partial charge in [-0.25, -0.2) is 15.0 Å². The smallest absolute Gasteiger partial charge is 0.225 e. The van der Waals surface area contributed by atoms with E-state index in [0.29, 0.717) is 12.3 Å². The summed E-state index contributed by atoms with van der Waals surface area (Å²) in [6, 6.07) is 5.82. The molecule has 1 fully saturated rings. The number of imidazole rings is 1. The summed E-state index contributed by atoms with van der Waals surface area (Å²) in [6.07, 6.45) is 10.2. The molecule has 1 saturated heterocycles. The molecule has 3 heterocycles. The molecule has 184 valence electrons. The third-order valence-electron chi connectivity index (χ3n) is 5.69. The van der Waals surface area contributed by atoms with Crippen LogP contribution >= 0.6 is 0 Å². The fourth-order valence-corrected chi connectivity index (χ4v) is 3.95. The predicted molar refractivity (Wildman–Crippen MR) is 134 cm³/mol. The minimum Gasteiger partial charge on any atom is -0.504 e. The van der Waals surface area contributed by atoms with Crippen LogP contribution in [-0.2, 0) is 19.6 Å². The van der Waals surface area contributed by atoms with Crippen molar-refractivity contribution in [1.29, 1.82) is 0 Å². The van der Waals surface area contributed by atoms with Crippen LogP contribution in [0.3, 0.4) is 0 Å². The molecule has 0 spiro atoms. The second kappa shape index (κ2) is 13.5. The van der Waals surface area contributed by atoms with Crippen LogP contribution in [0, 0.1) is 0 Å². The number of aromatic hydroxyl groups is 1. The molecule has 9 heteroatoms. The van der Waals surface area contributed by atoms with Crippen LogP contribution in [0.1, 0.15) is 31.4 Å². The molecule has 0 aliphatic carbocycles. The van der Waals surface area contributed by atoms with Gasteiger partial charge in [0, 0.05) is 76.2 Å². The monoisotopic (exact) mass is 467 g/mol. The van der Waals surface area contributed by atoms with Crippen molar-refractivity contribution in [3.8, 4) is 11.5 Å². The number of ether oxygens (including phenoxy) is 1. The molecule has 0 unspecified atom stereocenters. The number of nitrogens with one attached hydrogen (secondary N) is 1. The highest BCUT2D eigenvalue weighted by atomic mass is 16.5. The van der Waals surface area contributed by atoms with Crippen LogP contribution < -0.4 is 15.0 Å². The lowest BCUT2D eigenvalue weighted by atomic mass is 10.1. The Kier molecular flexibility index (Phi) is 10.1. The lowest BCUT2D eigenvalue weighted by molar-refractivity contribution is 0.244. The van der Waals surface area contributed by atoms with Crippen molar-refractivity contribution in [3.63, 3.8) is 0 Å². The Labute approximate surface area is 202 Å². The zero-order valence-electron chi connectivity index (χ0n) is 20.5. The Morgan fingerprint density at radius 1 is 1.06 bits per heavy atom. The molecule has 0 radical (unpaired) electrons. The number of anilines is 1. The maximum absolute atomic E-state index is 10.7. The SMILES string of the molecule is CC.COc1cc(CNCCCn2ccnc2)cc(CN2CCN(c3ncccn3)CC2)c1O. The highest BCUT2D eigenvalue weighted by Crippen LogP contribution is 2.32. The third-order valence-corrected chi connectivity index (χ3v) is 5.69. The number of hydrogen-bond acceptors (Lipinski definition) is 8. The first-order valence-electron chi connectivity index (χ1n) is 12.0. The van der Waals surface area contributed by atoms with Gasteiger partial charge in [0.15, 0.2) is 11.5 Å². The van der Waals surface area contributed by atoms with Crippen LogP contribution in [0.25, 0.3) is 0 Å². The van der Waals surface area contributed by atoms with Gasteiger partial charge in [-0.05, 0) is 36.7 Å². The van der Waals surface area contributed by atoms with E-state index in [0.717, 1.165) is 69.3 Å². The van der Waals surface area contributed by atoms with E-state index < -0.39 is 0 Å². The number of phenolic OH excluding ortho intramolecular Hbond substituents is 1. The van der Waals surface area contributed by atoms with Crippen LogP contribution in [0.5, 0.6) is 11.5 Å². The van der Waals surface area contributed by atoms with Gasteiger partial charge >= 0.3 is 0 Å². The number of piperazine rings is 1. The van der Waals surface area contributed by atoms with E-state index >= 15 is 0 Å². The van der Waals surface area contributed by atoms with Crippen LogP contribution in [0.15, 0.2) is 49.3 Å². The van der Waals surface area contributed by atoms with Crippen LogP contribution in [-0.4, -0.2) is 69.4 Å². The minimum atomic E-state index is 0.227. The van der Waals surface area contributed by atoms with Gasteiger partial charge in [-0.3, -0.25) is 4.90 Å². The summed E-state index contributed by atoms with van der Waals surface area (Å²) in [6.45, 7) is 10.7. The molecule has 9 nitrogen and oxygen atoms in total. The molecule has 4 rings (SSSR count). The fourth-order valence-electron chi connectivity index (χ4n) is 3.95.